The Kier molecular flexibility index (Phi) is 6.00. The smallest absolute Gasteiger partial charge is 0.257 e. The van der Waals surface area contributed by atoms with Crippen molar-refractivity contribution in [3.8, 4) is 5.82 Å². The van der Waals surface area contributed by atoms with Gasteiger partial charge in [-0.05, 0) is 55.3 Å². The van der Waals surface area contributed by atoms with Crippen LogP contribution < -0.4 is 10.2 Å². The highest BCUT2D eigenvalue weighted by Gasteiger charge is 2.24. The van der Waals surface area contributed by atoms with Crippen molar-refractivity contribution in [2.24, 2.45) is 0 Å². The zero-order valence-corrected chi connectivity index (χ0v) is 20.4. The predicted octanol–water partition coefficient (Wildman–Crippen LogP) is 3.52. The average molecular weight is 491 g/mol. The number of nitrogens with one attached hydrogen (secondary N) is 1. The van der Waals surface area contributed by atoms with Crippen molar-refractivity contribution >= 4 is 38.3 Å². The zero-order valence-electron chi connectivity index (χ0n) is 19.5. The fourth-order valence-corrected chi connectivity index (χ4v) is 5.17. The Balaban J connectivity index is 1.44. The number of benzene rings is 2. The van der Waals surface area contributed by atoms with Crippen LogP contribution in [0.15, 0.2) is 72.0 Å². The number of para-hydroxylation sites is 2. The van der Waals surface area contributed by atoms with Crippen LogP contribution in [0.2, 0.25) is 0 Å². The van der Waals surface area contributed by atoms with E-state index in [-0.39, 0.29) is 10.8 Å². The number of aromatic nitrogens is 3. The van der Waals surface area contributed by atoms with E-state index in [2.05, 4.69) is 20.2 Å². The van der Waals surface area contributed by atoms with E-state index in [1.807, 2.05) is 28.8 Å². The number of rotatable bonds is 6. The number of anilines is 2. The van der Waals surface area contributed by atoms with Crippen LogP contribution in [0, 0.1) is 0 Å². The molecular weight excluding hydrogens is 464 g/mol. The SMILES string of the molecule is CN(C)S(=O)(=O)c1ccc(N2CCCC2)c(C(=O)Nc2ccc(-n3cnc4ccccc43)nc2)c1. The van der Waals surface area contributed by atoms with Gasteiger partial charge in [-0.25, -0.2) is 22.7 Å². The molecule has 1 fully saturated rings. The van der Waals surface area contributed by atoms with Gasteiger partial charge in [-0.1, -0.05) is 12.1 Å². The van der Waals surface area contributed by atoms with Gasteiger partial charge in [0.15, 0.2) is 0 Å². The fraction of sp³-hybridized carbons (Fsp3) is 0.240. The maximum atomic E-state index is 13.3. The summed E-state index contributed by atoms with van der Waals surface area (Å²) in [5.74, 6) is 0.291. The molecule has 0 aliphatic carbocycles. The van der Waals surface area contributed by atoms with Crippen molar-refractivity contribution in [1.82, 2.24) is 18.8 Å². The van der Waals surface area contributed by atoms with Crippen LogP contribution in [0.4, 0.5) is 11.4 Å². The van der Waals surface area contributed by atoms with Gasteiger partial charge in [0.2, 0.25) is 10.0 Å². The molecule has 9 nitrogen and oxygen atoms in total. The largest absolute Gasteiger partial charge is 0.371 e. The monoisotopic (exact) mass is 490 g/mol. The third kappa shape index (κ3) is 4.38. The van der Waals surface area contributed by atoms with Crippen molar-refractivity contribution in [2.75, 3.05) is 37.4 Å². The second-order valence-electron chi connectivity index (χ2n) is 8.62. The second kappa shape index (κ2) is 9.12. The van der Waals surface area contributed by atoms with E-state index in [4.69, 9.17) is 0 Å². The topological polar surface area (TPSA) is 100 Å². The van der Waals surface area contributed by atoms with Gasteiger partial charge in [0.05, 0.1) is 33.4 Å². The summed E-state index contributed by atoms with van der Waals surface area (Å²) in [6.07, 6.45) is 5.36. The van der Waals surface area contributed by atoms with Crippen LogP contribution in [0.3, 0.4) is 0 Å². The van der Waals surface area contributed by atoms with Crippen molar-refractivity contribution in [2.45, 2.75) is 17.7 Å². The summed E-state index contributed by atoms with van der Waals surface area (Å²) in [5, 5.41) is 2.88. The van der Waals surface area contributed by atoms with Gasteiger partial charge in [-0.3, -0.25) is 9.36 Å². The van der Waals surface area contributed by atoms with Crippen LogP contribution in [-0.4, -0.2) is 60.4 Å². The number of amides is 1. The predicted molar refractivity (Wildman–Crippen MR) is 136 cm³/mol. The van der Waals surface area contributed by atoms with Gasteiger partial charge < -0.3 is 10.2 Å². The summed E-state index contributed by atoms with van der Waals surface area (Å²) in [6.45, 7) is 1.66. The Hall–Kier alpha value is -3.76. The highest BCUT2D eigenvalue weighted by Crippen LogP contribution is 2.29. The van der Waals surface area contributed by atoms with Crippen LogP contribution in [0.1, 0.15) is 23.2 Å². The van der Waals surface area contributed by atoms with Crippen molar-refractivity contribution in [3.63, 3.8) is 0 Å². The summed E-state index contributed by atoms with van der Waals surface area (Å²) in [5.41, 5.74) is 3.36. The Bertz CT molecular complexity index is 1490. The van der Waals surface area contributed by atoms with Crippen molar-refractivity contribution in [1.29, 1.82) is 0 Å². The summed E-state index contributed by atoms with van der Waals surface area (Å²) in [4.78, 5) is 24.4. The molecule has 10 heteroatoms. The molecule has 0 saturated carbocycles. The quantitative estimate of drug-likeness (QED) is 0.444. The molecule has 180 valence electrons. The lowest BCUT2D eigenvalue weighted by molar-refractivity contribution is 0.102. The van der Waals surface area contributed by atoms with Gasteiger partial charge in [0, 0.05) is 32.9 Å². The normalized spacial score (nSPS) is 14.1. The highest BCUT2D eigenvalue weighted by atomic mass is 32.2. The Morgan fingerprint density at radius 1 is 1.00 bits per heavy atom. The molecule has 1 saturated heterocycles. The summed E-state index contributed by atoms with van der Waals surface area (Å²) in [6, 6.07) is 16.1. The summed E-state index contributed by atoms with van der Waals surface area (Å²) < 4.78 is 28.4. The first-order chi connectivity index (χ1) is 16.8. The number of hydrogen-bond acceptors (Lipinski definition) is 6. The number of fused-ring (bicyclic) bond motifs is 1. The van der Waals surface area contributed by atoms with Crippen molar-refractivity contribution < 1.29 is 13.2 Å². The number of carbonyl (C=O) groups excluding carboxylic acids is 1. The molecule has 1 amide bonds. The highest BCUT2D eigenvalue weighted by molar-refractivity contribution is 7.89. The third-order valence-electron chi connectivity index (χ3n) is 6.14. The lowest BCUT2D eigenvalue weighted by atomic mass is 10.1. The van der Waals surface area contributed by atoms with Gasteiger partial charge in [0.25, 0.3) is 5.91 Å². The minimum atomic E-state index is -3.68. The third-order valence-corrected chi connectivity index (χ3v) is 7.96. The number of hydrogen-bond donors (Lipinski definition) is 1. The molecule has 2 aromatic heterocycles. The molecule has 0 unspecified atom stereocenters. The van der Waals surface area contributed by atoms with Crippen LogP contribution in [-0.2, 0) is 10.0 Å². The number of pyridine rings is 1. The molecule has 0 atom stereocenters. The lowest BCUT2D eigenvalue weighted by Crippen LogP contribution is -2.25. The standard InChI is InChI=1S/C25H26N6O3S/c1-29(2)35(33,34)19-10-11-22(30-13-5-6-14-30)20(15-19)25(32)28-18-9-12-24(26-16-18)31-17-27-21-7-3-4-8-23(21)31/h3-4,7-12,15-17H,5-6,13-14H2,1-2H3,(H,28,32). The van der Waals surface area contributed by atoms with E-state index >= 15 is 0 Å². The fourth-order valence-electron chi connectivity index (χ4n) is 4.24. The van der Waals surface area contributed by atoms with Gasteiger partial charge in [0.1, 0.15) is 12.1 Å². The summed E-state index contributed by atoms with van der Waals surface area (Å²) in [7, 11) is -0.736. The van der Waals surface area contributed by atoms with Crippen molar-refractivity contribution in [3.05, 3.63) is 72.7 Å². The summed E-state index contributed by atoms with van der Waals surface area (Å²) >= 11 is 0. The number of sulfonamides is 1. The maximum absolute atomic E-state index is 13.3. The van der Waals surface area contributed by atoms with E-state index < -0.39 is 10.0 Å². The maximum Gasteiger partial charge on any atom is 0.257 e. The van der Waals surface area contributed by atoms with Gasteiger partial charge in [-0.2, -0.15) is 0 Å². The van der Waals surface area contributed by atoms with Crippen LogP contribution >= 0.6 is 0 Å². The van der Waals surface area contributed by atoms with Crippen LogP contribution in [0.5, 0.6) is 0 Å². The minimum Gasteiger partial charge on any atom is -0.371 e. The zero-order chi connectivity index (χ0) is 24.6. The van der Waals surface area contributed by atoms with E-state index in [0.717, 1.165) is 47.0 Å². The molecule has 0 bridgehead atoms. The first-order valence-corrected chi connectivity index (χ1v) is 12.8. The van der Waals surface area contributed by atoms with Gasteiger partial charge >= 0.3 is 0 Å². The molecule has 4 aromatic rings. The molecule has 1 aliphatic rings. The van der Waals surface area contributed by atoms with E-state index in [0.29, 0.717) is 17.1 Å². The lowest BCUT2D eigenvalue weighted by Gasteiger charge is -2.22. The minimum absolute atomic E-state index is 0.0797. The first kappa shape index (κ1) is 23.0. The average Bonchev–Trinajstić information content (AvgIpc) is 3.54. The Labute approximate surface area is 204 Å². The number of nitrogens with zero attached hydrogens (tertiary/aromatic N) is 5. The molecule has 2 aromatic carbocycles. The molecule has 35 heavy (non-hydrogen) atoms. The number of imidazole rings is 1. The molecule has 1 aliphatic heterocycles. The molecule has 1 N–H and O–H groups in total. The second-order valence-corrected chi connectivity index (χ2v) is 10.8. The molecule has 3 heterocycles. The Morgan fingerprint density at radius 2 is 1.77 bits per heavy atom. The molecule has 5 rings (SSSR count). The molecule has 0 radical (unpaired) electrons. The Morgan fingerprint density at radius 3 is 2.49 bits per heavy atom. The van der Waals surface area contributed by atoms with Gasteiger partial charge in [-0.15, -0.1) is 0 Å². The number of carbonyl (C=O) groups is 1. The molecular formula is C25H26N6O3S. The van der Waals surface area contributed by atoms with E-state index in [9.17, 15) is 13.2 Å². The van der Waals surface area contributed by atoms with Crippen LogP contribution in [0.25, 0.3) is 16.9 Å². The van der Waals surface area contributed by atoms with E-state index in [1.165, 1.54) is 20.2 Å². The van der Waals surface area contributed by atoms with E-state index in [1.54, 1.807) is 36.8 Å². The molecule has 0 spiro atoms. The first-order valence-electron chi connectivity index (χ1n) is 11.4.